The predicted molar refractivity (Wildman–Crippen MR) is 64.3 cm³/mol. The third-order valence-electron chi connectivity index (χ3n) is 3.96. The van der Waals surface area contributed by atoms with Crippen molar-refractivity contribution in [1.29, 1.82) is 0 Å². The highest BCUT2D eigenvalue weighted by molar-refractivity contribution is 5.18. The highest BCUT2D eigenvalue weighted by atomic mass is 14.4. The van der Waals surface area contributed by atoms with E-state index in [0.29, 0.717) is 0 Å². The van der Waals surface area contributed by atoms with Crippen molar-refractivity contribution in [2.45, 2.75) is 59.3 Å². The Kier molecular flexibility index (Phi) is 4.71. The predicted octanol–water partition coefficient (Wildman–Crippen LogP) is 4.81. The summed E-state index contributed by atoms with van der Waals surface area (Å²) in [7, 11) is 0. The Balaban J connectivity index is 2.31. The number of unbranched alkanes of at least 4 members (excludes halogenated alkanes) is 2. The lowest BCUT2D eigenvalue weighted by molar-refractivity contribution is 0.158. The van der Waals surface area contributed by atoms with E-state index >= 15 is 0 Å². The Hall–Kier alpha value is -0.260. The molecule has 0 heteroatoms. The van der Waals surface area contributed by atoms with Crippen LogP contribution < -0.4 is 0 Å². The maximum atomic E-state index is 4.23. The molecule has 0 nitrogen and oxygen atoms in total. The molecule has 1 rings (SSSR count). The first-order chi connectivity index (χ1) is 6.72. The smallest absolute Gasteiger partial charge is 0.0169 e. The van der Waals surface area contributed by atoms with Gasteiger partial charge in [0.05, 0.1) is 0 Å². The number of allylic oxidation sites excluding steroid dienone is 1. The molecule has 1 aliphatic carbocycles. The van der Waals surface area contributed by atoms with E-state index in [2.05, 4.69) is 27.4 Å². The van der Waals surface area contributed by atoms with Gasteiger partial charge < -0.3 is 0 Å². The highest BCUT2D eigenvalue weighted by Gasteiger charge is 2.39. The van der Waals surface area contributed by atoms with Crippen LogP contribution in [-0.2, 0) is 0 Å². The van der Waals surface area contributed by atoms with Gasteiger partial charge in [-0.3, -0.25) is 0 Å². The number of hydrogen-bond acceptors (Lipinski definition) is 0. The molecule has 0 spiro atoms. The molecule has 0 amide bonds. The van der Waals surface area contributed by atoms with Crippen molar-refractivity contribution in [3.05, 3.63) is 12.2 Å². The van der Waals surface area contributed by atoms with Crippen molar-refractivity contribution in [3.63, 3.8) is 0 Å². The van der Waals surface area contributed by atoms with Crippen LogP contribution in [0.2, 0.25) is 0 Å². The second-order valence-corrected chi connectivity index (χ2v) is 4.92. The van der Waals surface area contributed by atoms with E-state index in [-0.39, 0.29) is 0 Å². The van der Waals surface area contributed by atoms with Crippen LogP contribution in [0.25, 0.3) is 0 Å². The van der Waals surface area contributed by atoms with E-state index < -0.39 is 0 Å². The summed E-state index contributed by atoms with van der Waals surface area (Å²) in [4.78, 5) is 0. The summed E-state index contributed by atoms with van der Waals surface area (Å²) in [6.07, 6.45) is 8.31. The van der Waals surface area contributed by atoms with E-state index in [9.17, 15) is 0 Å². The lowest BCUT2D eigenvalue weighted by Gasteiger charge is -2.46. The molecule has 0 heterocycles. The SMILES string of the molecule is C=C1C(C)C(CCC)C1CCCCC. The molecule has 0 radical (unpaired) electrons. The minimum Gasteiger partial charge on any atom is -0.0993 e. The molecule has 0 N–H and O–H groups in total. The third-order valence-corrected chi connectivity index (χ3v) is 3.96. The molecular weight excluding hydrogens is 168 g/mol. The average Bonchev–Trinajstić information content (AvgIpc) is 2.21. The summed E-state index contributed by atoms with van der Waals surface area (Å²) in [5.74, 6) is 2.64. The first kappa shape index (κ1) is 11.8. The minimum atomic E-state index is 0.807. The fraction of sp³-hybridized carbons (Fsp3) is 0.857. The fourth-order valence-corrected chi connectivity index (χ4v) is 2.92. The lowest BCUT2D eigenvalue weighted by atomic mass is 9.59. The quantitative estimate of drug-likeness (QED) is 0.420. The van der Waals surface area contributed by atoms with Crippen LogP contribution >= 0.6 is 0 Å². The zero-order valence-corrected chi connectivity index (χ0v) is 10.2. The van der Waals surface area contributed by atoms with Crippen LogP contribution in [0, 0.1) is 17.8 Å². The summed E-state index contributed by atoms with van der Waals surface area (Å²) < 4.78 is 0. The van der Waals surface area contributed by atoms with E-state index in [1.165, 1.54) is 38.5 Å². The van der Waals surface area contributed by atoms with Crippen LogP contribution in [0.4, 0.5) is 0 Å². The first-order valence-corrected chi connectivity index (χ1v) is 6.41. The zero-order valence-electron chi connectivity index (χ0n) is 10.2. The van der Waals surface area contributed by atoms with Gasteiger partial charge >= 0.3 is 0 Å². The second-order valence-electron chi connectivity index (χ2n) is 4.92. The first-order valence-electron chi connectivity index (χ1n) is 6.41. The van der Waals surface area contributed by atoms with Crippen molar-refractivity contribution in [3.8, 4) is 0 Å². The van der Waals surface area contributed by atoms with Gasteiger partial charge in [0.1, 0.15) is 0 Å². The van der Waals surface area contributed by atoms with Crippen molar-refractivity contribution in [2.24, 2.45) is 17.8 Å². The minimum absolute atomic E-state index is 0.807. The van der Waals surface area contributed by atoms with Crippen LogP contribution in [0.5, 0.6) is 0 Å². The standard InChI is InChI=1S/C14H26/c1-5-7-8-10-14-12(4)11(3)13(14)9-6-2/h11,13-14H,4-10H2,1-3H3. The zero-order chi connectivity index (χ0) is 10.6. The van der Waals surface area contributed by atoms with Gasteiger partial charge in [-0.1, -0.05) is 58.6 Å². The second kappa shape index (κ2) is 5.58. The summed E-state index contributed by atoms with van der Waals surface area (Å²) in [6, 6.07) is 0. The normalized spacial score (nSPS) is 31.6. The molecule has 3 atom stereocenters. The Morgan fingerprint density at radius 2 is 1.79 bits per heavy atom. The lowest BCUT2D eigenvalue weighted by Crippen LogP contribution is -2.37. The van der Waals surface area contributed by atoms with Gasteiger partial charge in [-0.05, 0) is 30.6 Å². The average molecular weight is 194 g/mol. The van der Waals surface area contributed by atoms with Gasteiger partial charge in [0.15, 0.2) is 0 Å². The highest BCUT2D eigenvalue weighted by Crippen LogP contribution is 2.49. The molecule has 0 aromatic rings. The summed E-state index contributed by atoms with van der Waals surface area (Å²) >= 11 is 0. The van der Waals surface area contributed by atoms with Gasteiger partial charge in [-0.2, -0.15) is 0 Å². The van der Waals surface area contributed by atoms with Crippen molar-refractivity contribution < 1.29 is 0 Å². The van der Waals surface area contributed by atoms with Gasteiger partial charge in [-0.25, -0.2) is 0 Å². The van der Waals surface area contributed by atoms with E-state index in [0.717, 1.165) is 17.8 Å². The molecule has 0 aromatic heterocycles. The molecule has 3 unspecified atom stereocenters. The molecule has 0 aromatic carbocycles. The van der Waals surface area contributed by atoms with Crippen molar-refractivity contribution in [1.82, 2.24) is 0 Å². The Labute approximate surface area is 89.8 Å². The van der Waals surface area contributed by atoms with E-state index in [4.69, 9.17) is 0 Å². The molecule has 0 bridgehead atoms. The fourth-order valence-electron chi connectivity index (χ4n) is 2.92. The van der Waals surface area contributed by atoms with Crippen LogP contribution in [0.3, 0.4) is 0 Å². The Morgan fingerprint density at radius 3 is 2.36 bits per heavy atom. The van der Waals surface area contributed by atoms with Crippen molar-refractivity contribution >= 4 is 0 Å². The van der Waals surface area contributed by atoms with E-state index in [1.54, 1.807) is 5.57 Å². The Morgan fingerprint density at radius 1 is 1.07 bits per heavy atom. The van der Waals surface area contributed by atoms with Crippen LogP contribution in [-0.4, -0.2) is 0 Å². The van der Waals surface area contributed by atoms with Gasteiger partial charge in [0.2, 0.25) is 0 Å². The van der Waals surface area contributed by atoms with Crippen molar-refractivity contribution in [2.75, 3.05) is 0 Å². The third kappa shape index (κ3) is 2.40. The van der Waals surface area contributed by atoms with Gasteiger partial charge in [-0.15, -0.1) is 0 Å². The Bertz CT molecular complexity index is 180. The van der Waals surface area contributed by atoms with Crippen LogP contribution in [0.1, 0.15) is 59.3 Å². The van der Waals surface area contributed by atoms with Gasteiger partial charge in [0.25, 0.3) is 0 Å². The monoisotopic (exact) mass is 194 g/mol. The van der Waals surface area contributed by atoms with E-state index in [1.807, 2.05) is 0 Å². The van der Waals surface area contributed by atoms with Crippen LogP contribution in [0.15, 0.2) is 12.2 Å². The largest absolute Gasteiger partial charge is 0.0993 e. The summed E-state index contributed by atoms with van der Waals surface area (Å²) in [5.41, 5.74) is 1.54. The molecule has 14 heavy (non-hydrogen) atoms. The maximum Gasteiger partial charge on any atom is -0.0169 e. The summed E-state index contributed by atoms with van der Waals surface area (Å²) in [5, 5.41) is 0. The topological polar surface area (TPSA) is 0 Å². The molecule has 0 saturated heterocycles. The molecule has 1 fully saturated rings. The maximum absolute atomic E-state index is 4.23. The molecular formula is C14H26. The summed E-state index contributed by atoms with van der Waals surface area (Å²) in [6.45, 7) is 11.2. The number of hydrogen-bond donors (Lipinski definition) is 0. The number of rotatable bonds is 6. The molecule has 1 saturated carbocycles. The van der Waals surface area contributed by atoms with Gasteiger partial charge in [0, 0.05) is 0 Å². The molecule has 1 aliphatic rings. The molecule has 82 valence electrons. The molecule has 0 aliphatic heterocycles.